The van der Waals surface area contributed by atoms with Gasteiger partial charge >= 0.3 is 0 Å². The zero-order valence-corrected chi connectivity index (χ0v) is 21.7. The summed E-state index contributed by atoms with van der Waals surface area (Å²) in [4.78, 5) is 21.0. The number of piperidine rings is 2. The molecule has 6 nitrogen and oxygen atoms in total. The van der Waals surface area contributed by atoms with Gasteiger partial charge in [0.05, 0.1) is 0 Å². The second-order valence-corrected chi connectivity index (χ2v) is 8.99. The fraction of sp³-hybridized carbons (Fsp3) is 0.667. The first-order valence-corrected chi connectivity index (χ1v) is 11.5. The Morgan fingerprint density at radius 3 is 2.42 bits per heavy atom. The van der Waals surface area contributed by atoms with Crippen LogP contribution in [0.4, 0.5) is 0 Å². The maximum Gasteiger partial charge on any atom is 0.220 e. The monoisotopic (exact) mass is 541 g/mol. The van der Waals surface area contributed by atoms with E-state index < -0.39 is 0 Å². The third-order valence-electron chi connectivity index (χ3n) is 6.60. The van der Waals surface area contributed by atoms with E-state index >= 15 is 0 Å². The van der Waals surface area contributed by atoms with Gasteiger partial charge in [-0.2, -0.15) is 0 Å². The van der Waals surface area contributed by atoms with Crippen molar-refractivity contribution in [3.05, 3.63) is 35.4 Å². The fourth-order valence-electron chi connectivity index (χ4n) is 4.54. The van der Waals surface area contributed by atoms with Crippen LogP contribution in [0.15, 0.2) is 29.3 Å². The molecule has 0 aromatic heterocycles. The summed E-state index contributed by atoms with van der Waals surface area (Å²) in [7, 11) is 3.57. The molecular formula is C24H40IN5O. The van der Waals surface area contributed by atoms with Crippen LogP contribution in [0.5, 0.6) is 0 Å². The molecule has 7 heteroatoms. The first-order valence-electron chi connectivity index (χ1n) is 11.5. The molecule has 2 heterocycles. The Hall–Kier alpha value is -1.35. The molecule has 0 aliphatic carbocycles. The zero-order valence-electron chi connectivity index (χ0n) is 19.4. The molecule has 31 heavy (non-hydrogen) atoms. The van der Waals surface area contributed by atoms with Gasteiger partial charge in [0.15, 0.2) is 5.96 Å². The van der Waals surface area contributed by atoms with Crippen LogP contribution in [0.1, 0.15) is 50.2 Å². The lowest BCUT2D eigenvalue weighted by molar-refractivity contribution is -0.121. The predicted molar refractivity (Wildman–Crippen MR) is 139 cm³/mol. The van der Waals surface area contributed by atoms with Crippen molar-refractivity contribution in [2.24, 2.45) is 16.8 Å². The van der Waals surface area contributed by atoms with Gasteiger partial charge in [-0.15, -0.1) is 24.0 Å². The Balaban J connectivity index is 0.00000341. The maximum atomic E-state index is 11.6. The second kappa shape index (κ2) is 13.3. The van der Waals surface area contributed by atoms with Crippen LogP contribution in [0.2, 0.25) is 0 Å². The molecule has 1 aromatic carbocycles. The molecule has 2 aliphatic rings. The van der Waals surface area contributed by atoms with Crippen LogP contribution in [-0.2, 0) is 17.9 Å². The van der Waals surface area contributed by atoms with Crippen LogP contribution < -0.4 is 10.6 Å². The quantitative estimate of drug-likeness (QED) is 0.329. The van der Waals surface area contributed by atoms with Crippen LogP contribution in [-0.4, -0.2) is 61.9 Å². The number of hydrogen-bond donors (Lipinski definition) is 2. The molecule has 3 rings (SSSR count). The van der Waals surface area contributed by atoms with Gasteiger partial charge in [0, 0.05) is 46.7 Å². The lowest BCUT2D eigenvalue weighted by Gasteiger charge is -2.34. The summed E-state index contributed by atoms with van der Waals surface area (Å²) in [5, 5.41) is 6.28. The molecule has 0 bridgehead atoms. The highest BCUT2D eigenvalue weighted by molar-refractivity contribution is 14.0. The minimum absolute atomic E-state index is 0. The zero-order chi connectivity index (χ0) is 21.3. The summed E-state index contributed by atoms with van der Waals surface area (Å²) in [5.74, 6) is 2.46. The van der Waals surface area contributed by atoms with Gasteiger partial charge in [0.25, 0.3) is 0 Å². The van der Waals surface area contributed by atoms with E-state index in [2.05, 4.69) is 56.6 Å². The smallest absolute Gasteiger partial charge is 0.220 e. The van der Waals surface area contributed by atoms with Crippen molar-refractivity contribution in [3.63, 3.8) is 0 Å². The molecule has 2 fully saturated rings. The highest BCUT2D eigenvalue weighted by Crippen LogP contribution is 2.21. The SMILES string of the molecule is CN=C(NCc1cccc(CN2CCC(C)CC2)c1)N1CCC(CC(=O)NC)CC1.I. The molecular weight excluding hydrogens is 501 g/mol. The van der Waals surface area contributed by atoms with Gasteiger partial charge in [0.1, 0.15) is 0 Å². The number of halogens is 1. The Kier molecular flexibility index (Phi) is 11.1. The fourth-order valence-corrected chi connectivity index (χ4v) is 4.54. The van der Waals surface area contributed by atoms with E-state index in [1.165, 1.54) is 37.1 Å². The number of likely N-dealkylation sites (tertiary alicyclic amines) is 2. The van der Waals surface area contributed by atoms with Crippen molar-refractivity contribution in [1.82, 2.24) is 20.4 Å². The number of nitrogens with one attached hydrogen (secondary N) is 2. The van der Waals surface area contributed by atoms with E-state index in [1.807, 2.05) is 7.05 Å². The molecule has 0 unspecified atom stereocenters. The highest BCUT2D eigenvalue weighted by Gasteiger charge is 2.23. The van der Waals surface area contributed by atoms with E-state index in [9.17, 15) is 4.79 Å². The lowest BCUT2D eigenvalue weighted by Crippen LogP contribution is -2.45. The molecule has 0 atom stereocenters. The van der Waals surface area contributed by atoms with E-state index in [0.29, 0.717) is 12.3 Å². The summed E-state index contributed by atoms with van der Waals surface area (Å²) in [6, 6.07) is 8.94. The molecule has 1 aromatic rings. The standard InChI is InChI=1S/C24H39N5O.HI/c1-19-7-11-28(12-8-19)18-22-6-4-5-21(15-22)17-27-24(26-3)29-13-9-20(10-14-29)16-23(30)25-2;/h4-6,15,19-20H,7-14,16-18H2,1-3H3,(H,25,30)(H,26,27);1H. The number of hydrogen-bond acceptors (Lipinski definition) is 3. The molecule has 2 aliphatic heterocycles. The van der Waals surface area contributed by atoms with Gasteiger partial charge in [-0.3, -0.25) is 14.7 Å². The third-order valence-corrected chi connectivity index (χ3v) is 6.60. The Morgan fingerprint density at radius 2 is 1.77 bits per heavy atom. The summed E-state index contributed by atoms with van der Waals surface area (Å²) in [5.41, 5.74) is 2.70. The van der Waals surface area contributed by atoms with Crippen LogP contribution in [0, 0.1) is 11.8 Å². The van der Waals surface area contributed by atoms with E-state index in [-0.39, 0.29) is 29.9 Å². The summed E-state index contributed by atoms with van der Waals surface area (Å²) < 4.78 is 0. The molecule has 0 spiro atoms. The first-order chi connectivity index (χ1) is 14.6. The van der Waals surface area contributed by atoms with Crippen molar-refractivity contribution < 1.29 is 4.79 Å². The van der Waals surface area contributed by atoms with Gasteiger partial charge in [-0.05, 0) is 61.7 Å². The third kappa shape index (κ3) is 8.25. The summed E-state index contributed by atoms with van der Waals surface area (Å²) in [6.07, 6.45) is 5.35. The number of benzene rings is 1. The van der Waals surface area contributed by atoms with Gasteiger partial charge in [0.2, 0.25) is 5.91 Å². The Morgan fingerprint density at radius 1 is 1.10 bits per heavy atom. The highest BCUT2D eigenvalue weighted by atomic mass is 127. The number of carbonyl (C=O) groups is 1. The predicted octanol–water partition coefficient (Wildman–Crippen LogP) is 3.46. The largest absolute Gasteiger partial charge is 0.359 e. The van der Waals surface area contributed by atoms with Gasteiger partial charge in [-0.25, -0.2) is 0 Å². The molecule has 2 saturated heterocycles. The number of nitrogens with zero attached hydrogens (tertiary/aromatic N) is 3. The van der Waals surface area contributed by atoms with Crippen LogP contribution in [0.3, 0.4) is 0 Å². The van der Waals surface area contributed by atoms with Crippen molar-refractivity contribution in [2.45, 2.75) is 52.1 Å². The summed E-state index contributed by atoms with van der Waals surface area (Å²) >= 11 is 0. The number of rotatable bonds is 6. The van der Waals surface area contributed by atoms with Crippen LogP contribution >= 0.6 is 24.0 Å². The Bertz CT molecular complexity index is 710. The van der Waals surface area contributed by atoms with Gasteiger partial charge < -0.3 is 15.5 Å². The molecule has 0 saturated carbocycles. The Labute approximate surface area is 205 Å². The summed E-state index contributed by atoms with van der Waals surface area (Å²) in [6.45, 7) is 8.53. The molecule has 1 amide bonds. The average Bonchev–Trinajstić information content (AvgIpc) is 2.77. The van der Waals surface area contributed by atoms with Crippen molar-refractivity contribution in [1.29, 1.82) is 0 Å². The number of amides is 1. The van der Waals surface area contributed by atoms with E-state index in [1.54, 1.807) is 7.05 Å². The molecule has 2 N–H and O–H groups in total. The van der Waals surface area contributed by atoms with Crippen molar-refractivity contribution in [3.8, 4) is 0 Å². The minimum atomic E-state index is 0. The number of guanidine groups is 1. The lowest BCUT2D eigenvalue weighted by atomic mass is 9.93. The number of carbonyl (C=O) groups excluding carboxylic acids is 1. The molecule has 174 valence electrons. The number of aliphatic imine (C=N–C) groups is 1. The van der Waals surface area contributed by atoms with Crippen molar-refractivity contribution >= 4 is 35.8 Å². The topological polar surface area (TPSA) is 60.0 Å². The maximum absolute atomic E-state index is 11.6. The minimum Gasteiger partial charge on any atom is -0.359 e. The van der Waals surface area contributed by atoms with E-state index in [0.717, 1.165) is 50.9 Å². The second-order valence-electron chi connectivity index (χ2n) is 8.99. The normalized spacial score (nSPS) is 19.1. The first kappa shape index (κ1) is 25.9. The van der Waals surface area contributed by atoms with Crippen molar-refractivity contribution in [2.75, 3.05) is 40.3 Å². The average molecular weight is 542 g/mol. The van der Waals surface area contributed by atoms with Gasteiger partial charge in [-0.1, -0.05) is 31.2 Å². The molecule has 0 radical (unpaired) electrons. The van der Waals surface area contributed by atoms with E-state index in [4.69, 9.17) is 0 Å². The van der Waals surface area contributed by atoms with Crippen LogP contribution in [0.25, 0.3) is 0 Å².